The summed E-state index contributed by atoms with van der Waals surface area (Å²) in [6, 6.07) is 6.76. The van der Waals surface area contributed by atoms with Crippen molar-refractivity contribution in [3.8, 4) is 17.2 Å². The molecule has 2 amide bonds. The Morgan fingerprint density at radius 1 is 0.872 bits per heavy atom. The van der Waals surface area contributed by atoms with Gasteiger partial charge >= 0.3 is 6.09 Å². The number of nitrogens with one attached hydrogen (secondary N) is 2. The van der Waals surface area contributed by atoms with E-state index in [1.807, 2.05) is 45.0 Å². The standard InChI is InChI=1S/C31H46N2O6/c1-19(2)32-29(34)26(33-30(35)39-31(6,7)8)18-23-13-15-24(16-14-23)38-17-11-12-25-22(5)27(36-9)20(3)21(4)28(25)37-10/h13-16,19,26H,11-12,17-18H2,1-10H3,(H,32,34)(H,33,35)/t26-/m0/s1. The predicted molar refractivity (Wildman–Crippen MR) is 154 cm³/mol. The molecule has 1 atom stereocenters. The molecule has 2 N–H and O–H groups in total. The van der Waals surface area contributed by atoms with E-state index in [0.29, 0.717) is 13.0 Å². The van der Waals surface area contributed by atoms with Crippen molar-refractivity contribution in [1.29, 1.82) is 0 Å². The molecule has 216 valence electrons. The van der Waals surface area contributed by atoms with Gasteiger partial charge in [0, 0.05) is 18.0 Å². The molecule has 0 aliphatic heterocycles. The molecule has 0 aliphatic rings. The Hall–Kier alpha value is -3.42. The van der Waals surface area contributed by atoms with Crippen LogP contribution < -0.4 is 24.8 Å². The molecule has 0 aromatic heterocycles. The van der Waals surface area contributed by atoms with Gasteiger partial charge in [-0.05, 0) is 103 Å². The molecule has 0 spiro atoms. The Bertz CT molecular complexity index is 1120. The van der Waals surface area contributed by atoms with Crippen LogP contribution in [0.5, 0.6) is 17.2 Å². The molecular weight excluding hydrogens is 496 g/mol. The largest absolute Gasteiger partial charge is 0.496 e. The second-order valence-corrected chi connectivity index (χ2v) is 11.1. The first-order chi connectivity index (χ1) is 18.3. The van der Waals surface area contributed by atoms with Gasteiger partial charge in [0.2, 0.25) is 5.91 Å². The van der Waals surface area contributed by atoms with E-state index in [4.69, 9.17) is 18.9 Å². The number of amides is 2. The molecule has 0 fully saturated rings. The van der Waals surface area contributed by atoms with Crippen molar-refractivity contribution in [2.24, 2.45) is 0 Å². The van der Waals surface area contributed by atoms with Crippen molar-refractivity contribution < 1.29 is 28.5 Å². The van der Waals surface area contributed by atoms with E-state index in [0.717, 1.165) is 57.9 Å². The van der Waals surface area contributed by atoms with Crippen LogP contribution >= 0.6 is 0 Å². The van der Waals surface area contributed by atoms with E-state index in [1.54, 1.807) is 35.0 Å². The van der Waals surface area contributed by atoms with E-state index in [1.165, 1.54) is 0 Å². The number of rotatable bonds is 12. The molecule has 2 aromatic carbocycles. The van der Waals surface area contributed by atoms with Gasteiger partial charge < -0.3 is 29.6 Å². The quantitative estimate of drug-likeness (QED) is 0.339. The Labute approximate surface area is 233 Å². The molecule has 0 aliphatic carbocycles. The molecular formula is C31H46N2O6. The fourth-order valence-corrected chi connectivity index (χ4v) is 4.48. The van der Waals surface area contributed by atoms with Crippen LogP contribution in [-0.2, 0) is 22.4 Å². The number of hydrogen-bond donors (Lipinski definition) is 2. The zero-order valence-corrected chi connectivity index (χ0v) is 25.2. The van der Waals surface area contributed by atoms with E-state index in [2.05, 4.69) is 24.5 Å². The van der Waals surface area contributed by atoms with Crippen LogP contribution in [0.4, 0.5) is 4.79 Å². The lowest BCUT2D eigenvalue weighted by atomic mass is 9.94. The number of alkyl carbamates (subject to hydrolysis) is 1. The van der Waals surface area contributed by atoms with Crippen LogP contribution in [0.25, 0.3) is 0 Å². The normalized spacial score (nSPS) is 12.1. The maximum Gasteiger partial charge on any atom is 0.408 e. The van der Waals surface area contributed by atoms with Crippen LogP contribution in [-0.4, -0.2) is 50.5 Å². The fraction of sp³-hybridized carbons (Fsp3) is 0.548. The van der Waals surface area contributed by atoms with Crippen molar-refractivity contribution in [2.75, 3.05) is 20.8 Å². The number of benzene rings is 2. The van der Waals surface area contributed by atoms with E-state index < -0.39 is 17.7 Å². The molecule has 2 aromatic rings. The molecule has 8 nitrogen and oxygen atoms in total. The zero-order valence-electron chi connectivity index (χ0n) is 25.2. The van der Waals surface area contributed by atoms with Gasteiger partial charge in [0.25, 0.3) is 0 Å². The SMILES string of the molecule is COc1c(C)c(C)c(OC)c(CCCOc2ccc(C[C@H](NC(=O)OC(C)(C)C)C(=O)NC(C)C)cc2)c1C. The van der Waals surface area contributed by atoms with Crippen molar-refractivity contribution in [2.45, 2.75) is 92.3 Å². The van der Waals surface area contributed by atoms with Gasteiger partial charge in [0.15, 0.2) is 0 Å². The predicted octanol–water partition coefficient (Wildman–Crippen LogP) is 5.60. The Morgan fingerprint density at radius 2 is 1.46 bits per heavy atom. The van der Waals surface area contributed by atoms with Crippen molar-refractivity contribution in [3.05, 3.63) is 52.1 Å². The summed E-state index contributed by atoms with van der Waals surface area (Å²) >= 11 is 0. The highest BCUT2D eigenvalue weighted by molar-refractivity contribution is 5.86. The molecule has 39 heavy (non-hydrogen) atoms. The summed E-state index contributed by atoms with van der Waals surface area (Å²) in [6.45, 7) is 15.8. The first kappa shape index (κ1) is 31.8. The first-order valence-corrected chi connectivity index (χ1v) is 13.5. The lowest BCUT2D eigenvalue weighted by molar-refractivity contribution is -0.123. The highest BCUT2D eigenvalue weighted by Gasteiger charge is 2.25. The summed E-state index contributed by atoms with van der Waals surface area (Å²) in [6.07, 6.45) is 1.31. The molecule has 2 rings (SSSR count). The Kier molecular flexibility index (Phi) is 11.5. The van der Waals surface area contributed by atoms with Gasteiger partial charge in [-0.1, -0.05) is 12.1 Å². The van der Waals surface area contributed by atoms with Gasteiger partial charge in [-0.3, -0.25) is 4.79 Å². The average Bonchev–Trinajstić information content (AvgIpc) is 2.84. The molecule has 8 heteroatoms. The Morgan fingerprint density at radius 3 is 2.00 bits per heavy atom. The Balaban J connectivity index is 2.01. The van der Waals surface area contributed by atoms with E-state index in [9.17, 15) is 9.59 Å². The monoisotopic (exact) mass is 542 g/mol. The number of methoxy groups -OCH3 is 2. The van der Waals surface area contributed by atoms with Crippen LogP contribution in [0, 0.1) is 20.8 Å². The maximum atomic E-state index is 12.7. The van der Waals surface area contributed by atoms with Crippen LogP contribution in [0.15, 0.2) is 24.3 Å². The van der Waals surface area contributed by atoms with E-state index in [-0.39, 0.29) is 11.9 Å². The van der Waals surface area contributed by atoms with Gasteiger partial charge in [-0.2, -0.15) is 0 Å². The van der Waals surface area contributed by atoms with E-state index >= 15 is 0 Å². The van der Waals surface area contributed by atoms with Gasteiger partial charge in [-0.25, -0.2) is 4.79 Å². The smallest absolute Gasteiger partial charge is 0.408 e. The summed E-state index contributed by atoms with van der Waals surface area (Å²) in [5, 5.41) is 5.57. The van der Waals surface area contributed by atoms with Crippen molar-refractivity contribution >= 4 is 12.0 Å². The molecule has 0 saturated heterocycles. The highest BCUT2D eigenvalue weighted by Crippen LogP contribution is 2.38. The number of carbonyl (C=O) groups is 2. The summed E-state index contributed by atoms with van der Waals surface area (Å²) in [5.74, 6) is 2.29. The number of hydrogen-bond acceptors (Lipinski definition) is 6. The van der Waals surface area contributed by atoms with Crippen LogP contribution in [0.3, 0.4) is 0 Å². The third-order valence-corrected chi connectivity index (χ3v) is 6.36. The first-order valence-electron chi connectivity index (χ1n) is 13.5. The average molecular weight is 543 g/mol. The van der Waals surface area contributed by atoms with Gasteiger partial charge in [-0.15, -0.1) is 0 Å². The third kappa shape index (κ3) is 9.37. The zero-order chi connectivity index (χ0) is 29.3. The van der Waals surface area contributed by atoms with Crippen LogP contribution in [0.2, 0.25) is 0 Å². The van der Waals surface area contributed by atoms with Crippen molar-refractivity contribution in [1.82, 2.24) is 10.6 Å². The number of ether oxygens (including phenoxy) is 4. The lowest BCUT2D eigenvalue weighted by Gasteiger charge is -2.24. The second-order valence-electron chi connectivity index (χ2n) is 11.1. The molecule has 0 unspecified atom stereocenters. The minimum absolute atomic E-state index is 0.0510. The minimum Gasteiger partial charge on any atom is -0.496 e. The number of carbonyl (C=O) groups excluding carboxylic acids is 2. The van der Waals surface area contributed by atoms with Crippen molar-refractivity contribution in [3.63, 3.8) is 0 Å². The summed E-state index contributed by atoms with van der Waals surface area (Å²) in [7, 11) is 3.40. The molecule has 0 saturated carbocycles. The van der Waals surface area contributed by atoms with Gasteiger partial charge in [0.05, 0.1) is 20.8 Å². The van der Waals surface area contributed by atoms with Gasteiger partial charge in [0.1, 0.15) is 28.9 Å². The summed E-state index contributed by atoms with van der Waals surface area (Å²) in [4.78, 5) is 25.1. The molecule has 0 heterocycles. The van der Waals surface area contributed by atoms with Crippen LogP contribution in [0.1, 0.15) is 68.9 Å². The fourth-order valence-electron chi connectivity index (χ4n) is 4.48. The minimum atomic E-state index is -0.762. The lowest BCUT2D eigenvalue weighted by Crippen LogP contribution is -2.50. The molecule has 0 radical (unpaired) electrons. The summed E-state index contributed by atoms with van der Waals surface area (Å²) < 4.78 is 22.7. The third-order valence-electron chi connectivity index (χ3n) is 6.36. The summed E-state index contributed by atoms with van der Waals surface area (Å²) in [5.41, 5.74) is 4.66. The topological polar surface area (TPSA) is 95.1 Å². The highest BCUT2D eigenvalue weighted by atomic mass is 16.6. The maximum absolute atomic E-state index is 12.7. The molecule has 0 bridgehead atoms. The second kappa shape index (κ2) is 14.1.